The van der Waals surface area contributed by atoms with Gasteiger partial charge in [-0.15, -0.1) is 0 Å². The Labute approximate surface area is 277 Å². The number of aromatic nitrogens is 3. The quantitative estimate of drug-likeness (QED) is 0.186. The molecule has 1 aliphatic rings. The topological polar surface area (TPSA) is 51.8 Å². The molecule has 1 aliphatic carbocycles. The average molecular weight is 616 g/mol. The second-order valence-corrected chi connectivity index (χ2v) is 13.2. The van der Waals surface area contributed by atoms with Crippen LogP contribution in [0.25, 0.3) is 88.5 Å². The number of rotatable bonds is 3. The van der Waals surface area contributed by atoms with Gasteiger partial charge in [-0.1, -0.05) is 117 Å². The molecule has 10 rings (SSSR count). The first-order chi connectivity index (χ1) is 23.6. The highest BCUT2D eigenvalue weighted by Crippen LogP contribution is 2.55. The molecule has 226 valence electrons. The fourth-order valence-electron chi connectivity index (χ4n) is 7.77. The molecular formula is C44H29N3O. The molecule has 4 aromatic heterocycles. The Kier molecular flexibility index (Phi) is 5.59. The first-order valence-corrected chi connectivity index (χ1v) is 16.4. The van der Waals surface area contributed by atoms with Crippen LogP contribution < -0.4 is 0 Å². The summed E-state index contributed by atoms with van der Waals surface area (Å²) in [5.74, 6) is 0. The minimum absolute atomic E-state index is 0.172. The van der Waals surface area contributed by atoms with Crippen LogP contribution in [0.1, 0.15) is 25.0 Å². The molecule has 0 N–H and O–H groups in total. The van der Waals surface area contributed by atoms with Crippen molar-refractivity contribution in [1.82, 2.24) is 15.0 Å². The van der Waals surface area contributed by atoms with Crippen LogP contribution in [-0.2, 0) is 5.41 Å². The van der Waals surface area contributed by atoms with Gasteiger partial charge in [-0.3, -0.25) is 9.97 Å². The fourth-order valence-corrected chi connectivity index (χ4v) is 7.77. The first-order valence-electron chi connectivity index (χ1n) is 16.4. The molecule has 0 aliphatic heterocycles. The van der Waals surface area contributed by atoms with Crippen LogP contribution in [0.15, 0.2) is 144 Å². The number of para-hydroxylation sites is 1. The monoisotopic (exact) mass is 615 g/mol. The van der Waals surface area contributed by atoms with Crippen molar-refractivity contribution in [2.45, 2.75) is 19.3 Å². The van der Waals surface area contributed by atoms with Crippen molar-refractivity contribution in [2.24, 2.45) is 0 Å². The van der Waals surface area contributed by atoms with Gasteiger partial charge in [-0.25, -0.2) is 4.98 Å². The van der Waals surface area contributed by atoms with Crippen LogP contribution in [0, 0.1) is 0 Å². The van der Waals surface area contributed by atoms with Crippen LogP contribution in [-0.4, -0.2) is 15.0 Å². The molecule has 0 bridgehead atoms. The Morgan fingerprint density at radius 3 is 2.17 bits per heavy atom. The Bertz CT molecular complexity index is 2740. The average Bonchev–Trinajstić information content (AvgIpc) is 3.64. The van der Waals surface area contributed by atoms with E-state index in [0.717, 1.165) is 77.4 Å². The van der Waals surface area contributed by atoms with Crippen molar-refractivity contribution >= 4 is 43.7 Å². The van der Waals surface area contributed by atoms with E-state index in [1.54, 1.807) is 0 Å². The molecule has 0 saturated carbocycles. The van der Waals surface area contributed by atoms with Crippen LogP contribution in [0.5, 0.6) is 0 Å². The first kappa shape index (κ1) is 27.0. The molecule has 9 aromatic rings. The molecule has 0 amide bonds. The van der Waals surface area contributed by atoms with Crippen molar-refractivity contribution in [2.75, 3.05) is 0 Å². The highest BCUT2D eigenvalue weighted by molar-refractivity contribution is 6.20. The summed E-state index contributed by atoms with van der Waals surface area (Å²) in [5.41, 5.74) is 14.5. The van der Waals surface area contributed by atoms with Crippen molar-refractivity contribution in [3.8, 4) is 44.8 Å². The van der Waals surface area contributed by atoms with Crippen molar-refractivity contribution in [1.29, 1.82) is 0 Å². The van der Waals surface area contributed by atoms with E-state index in [2.05, 4.69) is 134 Å². The summed E-state index contributed by atoms with van der Waals surface area (Å²) < 4.78 is 6.99. The number of nitrogens with zero attached hydrogens (tertiary/aromatic N) is 3. The molecule has 0 fully saturated rings. The lowest BCUT2D eigenvalue weighted by molar-refractivity contribution is 0.657. The summed E-state index contributed by atoms with van der Waals surface area (Å²) in [7, 11) is 0. The highest BCUT2D eigenvalue weighted by Gasteiger charge is 2.38. The van der Waals surface area contributed by atoms with Gasteiger partial charge in [0.15, 0.2) is 0 Å². The standard InChI is InChI=1S/C44H29N3O/c1-44(2)34-16-7-6-13-31(34)38-35(44)24-33(43-39(38)32-15-8-14-30(42(32)48-43)26-10-4-3-5-11-26)29-20-21-36(46-25-29)37-22-19-28-18-17-27-12-9-23-45-40(27)41(28)47-37/h3-25H,1-2H3. The van der Waals surface area contributed by atoms with Crippen LogP contribution in [0.4, 0.5) is 0 Å². The lowest BCUT2D eigenvalue weighted by atomic mass is 9.81. The van der Waals surface area contributed by atoms with Crippen LogP contribution in [0.3, 0.4) is 0 Å². The number of pyridine rings is 3. The Morgan fingerprint density at radius 1 is 0.542 bits per heavy atom. The molecule has 0 atom stereocenters. The molecule has 4 nitrogen and oxygen atoms in total. The number of fused-ring (bicyclic) bond motifs is 10. The van der Waals surface area contributed by atoms with E-state index in [1.165, 1.54) is 22.3 Å². The van der Waals surface area contributed by atoms with Gasteiger partial charge in [0, 0.05) is 56.0 Å². The third-order valence-corrected chi connectivity index (χ3v) is 10.2. The maximum atomic E-state index is 6.99. The van der Waals surface area contributed by atoms with E-state index in [-0.39, 0.29) is 5.41 Å². The highest BCUT2D eigenvalue weighted by atomic mass is 16.3. The molecule has 0 saturated heterocycles. The Balaban J connectivity index is 1.20. The van der Waals surface area contributed by atoms with Gasteiger partial charge in [0.05, 0.1) is 22.4 Å². The van der Waals surface area contributed by atoms with Gasteiger partial charge >= 0.3 is 0 Å². The molecule has 5 aromatic carbocycles. The van der Waals surface area contributed by atoms with Gasteiger partial charge < -0.3 is 4.42 Å². The molecule has 0 radical (unpaired) electrons. The van der Waals surface area contributed by atoms with E-state index in [0.29, 0.717) is 0 Å². The van der Waals surface area contributed by atoms with Gasteiger partial charge in [-0.2, -0.15) is 0 Å². The molecule has 4 heteroatoms. The van der Waals surface area contributed by atoms with E-state index in [9.17, 15) is 0 Å². The Morgan fingerprint density at radius 2 is 1.31 bits per heavy atom. The maximum absolute atomic E-state index is 6.99. The molecule has 48 heavy (non-hydrogen) atoms. The van der Waals surface area contributed by atoms with E-state index < -0.39 is 0 Å². The smallest absolute Gasteiger partial charge is 0.143 e. The van der Waals surface area contributed by atoms with Crippen LogP contribution in [0.2, 0.25) is 0 Å². The molecular weight excluding hydrogens is 587 g/mol. The van der Waals surface area contributed by atoms with E-state index in [1.807, 2.05) is 24.5 Å². The summed E-state index contributed by atoms with van der Waals surface area (Å²) in [6, 6.07) is 44.7. The number of hydrogen-bond donors (Lipinski definition) is 0. The lowest BCUT2D eigenvalue weighted by Crippen LogP contribution is -2.15. The van der Waals surface area contributed by atoms with Crippen molar-refractivity contribution in [3.63, 3.8) is 0 Å². The van der Waals surface area contributed by atoms with Gasteiger partial charge in [0.1, 0.15) is 11.2 Å². The fraction of sp³-hybridized carbons (Fsp3) is 0.0682. The van der Waals surface area contributed by atoms with Crippen LogP contribution >= 0.6 is 0 Å². The lowest BCUT2D eigenvalue weighted by Gasteiger charge is -2.22. The summed E-state index contributed by atoms with van der Waals surface area (Å²) >= 11 is 0. The number of furan rings is 1. The number of benzene rings is 5. The largest absolute Gasteiger partial charge is 0.455 e. The SMILES string of the molecule is CC1(C)c2ccccc2-c2c1cc(-c1ccc(-c3ccc4ccc5cccnc5c4n3)nc1)c1oc3c(-c4ccccc4)cccc3c21. The second kappa shape index (κ2) is 9.93. The van der Waals surface area contributed by atoms with Gasteiger partial charge in [0.2, 0.25) is 0 Å². The third-order valence-electron chi connectivity index (χ3n) is 10.2. The van der Waals surface area contributed by atoms with Gasteiger partial charge in [-0.05, 0) is 52.1 Å². The predicted molar refractivity (Wildman–Crippen MR) is 196 cm³/mol. The van der Waals surface area contributed by atoms with Gasteiger partial charge in [0.25, 0.3) is 0 Å². The summed E-state index contributed by atoms with van der Waals surface area (Å²) in [6.07, 6.45) is 3.78. The zero-order valence-electron chi connectivity index (χ0n) is 26.5. The molecule has 4 heterocycles. The summed E-state index contributed by atoms with van der Waals surface area (Å²) in [5, 5.41) is 4.42. The minimum Gasteiger partial charge on any atom is -0.455 e. The zero-order valence-corrected chi connectivity index (χ0v) is 26.5. The van der Waals surface area contributed by atoms with E-state index >= 15 is 0 Å². The second-order valence-electron chi connectivity index (χ2n) is 13.2. The summed E-state index contributed by atoms with van der Waals surface area (Å²) in [4.78, 5) is 14.7. The maximum Gasteiger partial charge on any atom is 0.143 e. The Hall–Kier alpha value is -6.13. The third kappa shape index (κ3) is 3.80. The minimum atomic E-state index is -0.172. The summed E-state index contributed by atoms with van der Waals surface area (Å²) in [6.45, 7) is 4.66. The number of hydrogen-bond acceptors (Lipinski definition) is 4. The zero-order chi connectivity index (χ0) is 32.0. The molecule has 0 unspecified atom stereocenters. The molecule has 0 spiro atoms. The predicted octanol–water partition coefficient (Wildman–Crippen LogP) is 11.4. The normalized spacial score (nSPS) is 13.4. The van der Waals surface area contributed by atoms with Crippen molar-refractivity contribution < 1.29 is 4.42 Å². The van der Waals surface area contributed by atoms with E-state index in [4.69, 9.17) is 14.4 Å². The van der Waals surface area contributed by atoms with Crippen molar-refractivity contribution in [3.05, 3.63) is 151 Å².